The maximum Gasteiger partial charge on any atom is 0.250 e. The maximum atomic E-state index is 12.9. The van der Waals surface area contributed by atoms with E-state index in [4.69, 9.17) is 4.99 Å². The topological polar surface area (TPSA) is 51.4 Å². The smallest absolute Gasteiger partial charge is 0.250 e. The Balaban J connectivity index is 1.56. The van der Waals surface area contributed by atoms with E-state index in [1.165, 1.54) is 0 Å². The molecule has 3 aromatic rings. The van der Waals surface area contributed by atoms with Crippen molar-refractivity contribution in [3.05, 3.63) is 110 Å². The standard InChI is InChI=1S/C26H22N2O2/c1-16(17-6-4-3-5-7-17)22-11-20-12-23-21(10-19(20)13-24(22)29)14-27-26(23)18-8-9-25(30)28(2)15-18/h3-12,15-16H,13-14H2,1-2H3. The lowest BCUT2D eigenvalue weighted by Crippen LogP contribution is -2.18. The van der Waals surface area contributed by atoms with E-state index < -0.39 is 0 Å². The Bertz CT molecular complexity index is 1300. The van der Waals surface area contributed by atoms with E-state index in [0.29, 0.717) is 13.0 Å². The number of Topliss-reactive ketones (excluding diaryl/α,β-unsaturated/α-hetero) is 1. The zero-order valence-electron chi connectivity index (χ0n) is 17.1. The molecule has 1 aliphatic carbocycles. The van der Waals surface area contributed by atoms with E-state index in [2.05, 4.69) is 37.3 Å². The minimum Gasteiger partial charge on any atom is -0.318 e. The van der Waals surface area contributed by atoms with Gasteiger partial charge in [-0.25, -0.2) is 0 Å². The van der Waals surface area contributed by atoms with Crippen molar-refractivity contribution in [3.63, 3.8) is 0 Å². The van der Waals surface area contributed by atoms with Gasteiger partial charge in [-0.1, -0.05) is 43.3 Å². The van der Waals surface area contributed by atoms with Crippen molar-refractivity contribution in [2.75, 3.05) is 0 Å². The van der Waals surface area contributed by atoms with Crippen LogP contribution in [0.25, 0.3) is 6.08 Å². The first-order chi connectivity index (χ1) is 14.5. The second-order valence-electron chi connectivity index (χ2n) is 8.07. The predicted molar refractivity (Wildman–Crippen MR) is 119 cm³/mol. The molecule has 1 unspecified atom stereocenters. The fourth-order valence-electron chi connectivity index (χ4n) is 4.39. The first-order valence-electron chi connectivity index (χ1n) is 10.2. The number of hydrogen-bond acceptors (Lipinski definition) is 3. The Kier molecular flexibility index (Phi) is 4.35. The Morgan fingerprint density at radius 2 is 1.80 bits per heavy atom. The molecule has 2 aliphatic rings. The molecule has 30 heavy (non-hydrogen) atoms. The minimum absolute atomic E-state index is 0.0380. The SMILES string of the molecule is CC(C1=Cc2cc3c(cc2CC1=O)CN=C3c1ccc(=O)n(C)c1)c1ccccc1. The van der Waals surface area contributed by atoms with Crippen LogP contribution in [0.4, 0.5) is 0 Å². The number of ketones is 1. The van der Waals surface area contributed by atoms with E-state index in [1.54, 1.807) is 17.7 Å². The van der Waals surface area contributed by atoms with E-state index in [-0.39, 0.29) is 17.3 Å². The number of carbonyl (C=O) groups excluding carboxylic acids is 1. The second kappa shape index (κ2) is 7.06. The molecule has 4 heteroatoms. The van der Waals surface area contributed by atoms with E-state index in [1.807, 2.05) is 30.5 Å². The Morgan fingerprint density at radius 1 is 1.00 bits per heavy atom. The Hall–Kier alpha value is -3.53. The molecular formula is C26H22N2O2. The molecule has 0 radical (unpaired) electrons. The summed E-state index contributed by atoms with van der Waals surface area (Å²) in [6, 6.07) is 17.8. The van der Waals surface area contributed by atoms with Crippen molar-refractivity contribution in [2.24, 2.45) is 12.0 Å². The van der Waals surface area contributed by atoms with Crippen LogP contribution in [-0.4, -0.2) is 16.1 Å². The number of aryl methyl sites for hydroxylation is 1. The monoisotopic (exact) mass is 394 g/mol. The number of fused-ring (bicyclic) bond motifs is 2. The summed E-state index contributed by atoms with van der Waals surface area (Å²) in [4.78, 5) is 29.4. The lowest BCUT2D eigenvalue weighted by Gasteiger charge is -2.22. The number of hydrogen-bond donors (Lipinski definition) is 0. The minimum atomic E-state index is -0.0380. The first kappa shape index (κ1) is 18.5. The summed E-state index contributed by atoms with van der Waals surface area (Å²) in [7, 11) is 1.75. The second-order valence-corrected chi connectivity index (χ2v) is 8.07. The molecule has 0 spiro atoms. The maximum absolute atomic E-state index is 12.9. The highest BCUT2D eigenvalue weighted by Gasteiger charge is 2.27. The molecule has 0 saturated heterocycles. The van der Waals surface area contributed by atoms with Gasteiger partial charge < -0.3 is 4.57 Å². The highest BCUT2D eigenvalue weighted by Crippen LogP contribution is 2.35. The molecule has 1 aromatic heterocycles. The number of carbonyl (C=O) groups is 1. The van der Waals surface area contributed by atoms with Crippen LogP contribution < -0.4 is 5.56 Å². The summed E-state index contributed by atoms with van der Waals surface area (Å²) in [5.41, 5.74) is 8.19. The number of nitrogens with zero attached hydrogens (tertiary/aromatic N) is 2. The molecule has 5 rings (SSSR count). The van der Waals surface area contributed by atoms with Crippen molar-refractivity contribution in [1.82, 2.24) is 4.57 Å². The van der Waals surface area contributed by atoms with Gasteiger partial charge in [0, 0.05) is 48.3 Å². The van der Waals surface area contributed by atoms with Crippen LogP contribution in [0.1, 0.15) is 46.2 Å². The highest BCUT2D eigenvalue weighted by molar-refractivity contribution is 6.15. The van der Waals surface area contributed by atoms with Gasteiger partial charge in [-0.3, -0.25) is 14.6 Å². The van der Waals surface area contributed by atoms with Crippen molar-refractivity contribution >= 4 is 17.6 Å². The van der Waals surface area contributed by atoms with E-state index >= 15 is 0 Å². The molecule has 0 bridgehead atoms. The van der Waals surface area contributed by atoms with E-state index in [9.17, 15) is 9.59 Å². The van der Waals surface area contributed by atoms with Crippen LogP contribution in [0, 0.1) is 0 Å². The largest absolute Gasteiger partial charge is 0.318 e. The van der Waals surface area contributed by atoms with Crippen LogP contribution in [0.3, 0.4) is 0 Å². The molecule has 148 valence electrons. The van der Waals surface area contributed by atoms with E-state index in [0.717, 1.165) is 44.7 Å². The third-order valence-electron chi connectivity index (χ3n) is 6.14. The van der Waals surface area contributed by atoms with Crippen LogP contribution >= 0.6 is 0 Å². The quantitative estimate of drug-likeness (QED) is 0.673. The Labute approximate surface area is 175 Å². The highest BCUT2D eigenvalue weighted by atomic mass is 16.1. The molecule has 4 nitrogen and oxygen atoms in total. The molecule has 2 aromatic carbocycles. The van der Waals surface area contributed by atoms with Gasteiger partial charge in [0.05, 0.1) is 12.3 Å². The van der Waals surface area contributed by atoms with Crippen molar-refractivity contribution in [1.29, 1.82) is 0 Å². The number of pyridine rings is 1. The summed E-state index contributed by atoms with van der Waals surface area (Å²) < 4.78 is 1.58. The predicted octanol–water partition coefficient (Wildman–Crippen LogP) is 4.05. The molecule has 1 atom stereocenters. The average molecular weight is 394 g/mol. The molecule has 2 heterocycles. The van der Waals surface area contributed by atoms with Crippen molar-refractivity contribution < 1.29 is 4.79 Å². The average Bonchev–Trinajstić information content (AvgIpc) is 3.16. The Morgan fingerprint density at radius 3 is 2.57 bits per heavy atom. The first-order valence-corrected chi connectivity index (χ1v) is 10.2. The van der Waals surface area contributed by atoms with Gasteiger partial charge in [-0.05, 0) is 40.5 Å². The van der Waals surface area contributed by atoms with Crippen molar-refractivity contribution in [3.8, 4) is 0 Å². The zero-order chi connectivity index (χ0) is 20.8. The summed E-state index contributed by atoms with van der Waals surface area (Å²) in [5.74, 6) is 0.243. The fraction of sp³-hybridized carbons (Fsp3) is 0.192. The number of aliphatic imine (C=N–C) groups is 1. The van der Waals surface area contributed by atoms with Crippen LogP contribution in [-0.2, 0) is 24.8 Å². The van der Waals surface area contributed by atoms with Gasteiger partial charge in [0.15, 0.2) is 5.78 Å². The van der Waals surface area contributed by atoms with Gasteiger partial charge in [-0.2, -0.15) is 0 Å². The van der Waals surface area contributed by atoms with Crippen molar-refractivity contribution in [2.45, 2.75) is 25.8 Å². The molecule has 0 amide bonds. The summed E-state index contributed by atoms with van der Waals surface area (Å²) >= 11 is 0. The third-order valence-corrected chi connectivity index (χ3v) is 6.14. The molecule has 0 saturated carbocycles. The van der Waals surface area contributed by atoms with Crippen LogP contribution in [0.15, 0.2) is 76.2 Å². The molecular weight excluding hydrogens is 372 g/mol. The molecule has 0 N–H and O–H groups in total. The number of allylic oxidation sites excluding steroid dienone is 1. The fourth-order valence-corrected chi connectivity index (χ4v) is 4.39. The van der Waals surface area contributed by atoms with Gasteiger partial charge in [0.2, 0.25) is 5.56 Å². The van der Waals surface area contributed by atoms with Crippen LogP contribution in [0.2, 0.25) is 0 Å². The number of benzene rings is 2. The molecule has 1 aliphatic heterocycles. The van der Waals surface area contributed by atoms with Crippen LogP contribution in [0.5, 0.6) is 0 Å². The summed E-state index contributed by atoms with van der Waals surface area (Å²) in [6.45, 7) is 2.70. The number of rotatable bonds is 3. The number of aromatic nitrogens is 1. The van der Waals surface area contributed by atoms with Gasteiger partial charge in [-0.15, -0.1) is 0 Å². The van der Waals surface area contributed by atoms with Gasteiger partial charge in [0.25, 0.3) is 0 Å². The lowest BCUT2D eigenvalue weighted by molar-refractivity contribution is -0.115. The summed E-state index contributed by atoms with van der Waals surface area (Å²) in [5, 5.41) is 0. The molecule has 0 fully saturated rings. The summed E-state index contributed by atoms with van der Waals surface area (Å²) in [6.07, 6.45) is 4.31. The lowest BCUT2D eigenvalue weighted by atomic mass is 9.81. The third kappa shape index (κ3) is 3.05. The van der Waals surface area contributed by atoms with Gasteiger partial charge in [0.1, 0.15) is 0 Å². The normalized spacial score (nSPS) is 15.9. The van der Waals surface area contributed by atoms with Gasteiger partial charge >= 0.3 is 0 Å². The zero-order valence-corrected chi connectivity index (χ0v) is 17.1.